The van der Waals surface area contributed by atoms with Crippen LogP contribution in [-0.4, -0.2) is 8.42 Å². The molecule has 0 bridgehead atoms. The van der Waals surface area contributed by atoms with E-state index < -0.39 is 55.3 Å². The highest BCUT2D eigenvalue weighted by Crippen LogP contribution is 2.24. The van der Waals surface area contributed by atoms with Crippen molar-refractivity contribution in [1.82, 2.24) is 4.72 Å². The Morgan fingerprint density at radius 2 is 1.45 bits per heavy atom. The lowest BCUT2D eigenvalue weighted by Gasteiger charge is -2.10. The fourth-order valence-corrected chi connectivity index (χ4v) is 3.06. The lowest BCUT2D eigenvalue weighted by Crippen LogP contribution is -2.26. The van der Waals surface area contributed by atoms with Gasteiger partial charge < -0.3 is 0 Å². The van der Waals surface area contributed by atoms with Gasteiger partial charge in [-0.2, -0.15) is 0 Å². The molecule has 2 aromatic carbocycles. The maximum Gasteiger partial charge on any atom is 0.246 e. The lowest BCUT2D eigenvalue weighted by molar-refractivity contribution is 0.512. The SMILES string of the molecule is O=S(=O)(NCc1c(F)ccc(F)c1Cl)c1c(F)cccc1F. The number of rotatable bonds is 4. The zero-order valence-corrected chi connectivity index (χ0v) is 12.3. The van der Waals surface area contributed by atoms with Crippen molar-refractivity contribution in [3.05, 3.63) is 64.2 Å². The predicted octanol–water partition coefficient (Wildman–Crippen LogP) is 3.37. The van der Waals surface area contributed by atoms with Crippen LogP contribution < -0.4 is 4.72 Å². The Kier molecular flexibility index (Phi) is 4.74. The minimum atomic E-state index is -4.61. The molecule has 22 heavy (non-hydrogen) atoms. The second-order valence-electron chi connectivity index (χ2n) is 4.20. The van der Waals surface area contributed by atoms with Crippen molar-refractivity contribution < 1.29 is 26.0 Å². The summed E-state index contributed by atoms with van der Waals surface area (Å²) in [5, 5.41) is -0.614. The van der Waals surface area contributed by atoms with Crippen LogP contribution in [0.4, 0.5) is 17.6 Å². The van der Waals surface area contributed by atoms with E-state index in [1.807, 2.05) is 0 Å². The Labute approximate surface area is 128 Å². The standard InChI is InChI=1S/C13H8ClF4NO2S/c14-12-7(8(15)4-5-9(12)16)6-19-22(20,21)13-10(17)2-1-3-11(13)18/h1-5,19H,6H2. The second-order valence-corrected chi connectivity index (χ2v) is 6.28. The molecule has 9 heteroatoms. The second kappa shape index (κ2) is 6.23. The van der Waals surface area contributed by atoms with Crippen LogP contribution in [0.2, 0.25) is 5.02 Å². The van der Waals surface area contributed by atoms with Gasteiger partial charge in [0.2, 0.25) is 10.0 Å². The van der Waals surface area contributed by atoms with Gasteiger partial charge in [0.05, 0.1) is 5.02 Å². The Morgan fingerprint density at radius 1 is 0.909 bits per heavy atom. The normalized spacial score (nSPS) is 11.7. The molecule has 0 aromatic heterocycles. The van der Waals surface area contributed by atoms with E-state index in [4.69, 9.17) is 11.6 Å². The minimum absolute atomic E-state index is 0.470. The molecule has 118 valence electrons. The smallest absolute Gasteiger partial charge is 0.207 e. The van der Waals surface area contributed by atoms with Crippen molar-refractivity contribution >= 4 is 21.6 Å². The molecule has 0 aliphatic heterocycles. The van der Waals surface area contributed by atoms with Gasteiger partial charge in [0.15, 0.2) is 4.90 Å². The zero-order valence-electron chi connectivity index (χ0n) is 10.7. The molecule has 0 heterocycles. The summed E-state index contributed by atoms with van der Waals surface area (Å²) in [6, 6.07) is 4.04. The largest absolute Gasteiger partial charge is 0.246 e. The maximum atomic E-state index is 13.5. The summed E-state index contributed by atoms with van der Waals surface area (Å²) < 4.78 is 79.3. The number of hydrogen-bond acceptors (Lipinski definition) is 2. The summed E-state index contributed by atoms with van der Waals surface area (Å²) in [7, 11) is -4.61. The highest BCUT2D eigenvalue weighted by molar-refractivity contribution is 7.89. The Morgan fingerprint density at radius 3 is 2.05 bits per heavy atom. The summed E-state index contributed by atoms with van der Waals surface area (Å²) in [4.78, 5) is -1.21. The van der Waals surface area contributed by atoms with Gasteiger partial charge in [-0.1, -0.05) is 17.7 Å². The van der Waals surface area contributed by atoms with E-state index in [9.17, 15) is 26.0 Å². The zero-order chi connectivity index (χ0) is 16.5. The molecule has 0 saturated carbocycles. The maximum absolute atomic E-state index is 13.5. The van der Waals surface area contributed by atoms with Crippen molar-refractivity contribution in [2.24, 2.45) is 0 Å². The third kappa shape index (κ3) is 3.23. The molecule has 0 atom stereocenters. The van der Waals surface area contributed by atoms with Crippen LogP contribution in [0.25, 0.3) is 0 Å². The number of halogens is 5. The Hall–Kier alpha value is -1.64. The van der Waals surface area contributed by atoms with Crippen LogP contribution in [-0.2, 0) is 16.6 Å². The monoisotopic (exact) mass is 353 g/mol. The fraction of sp³-hybridized carbons (Fsp3) is 0.0769. The highest BCUT2D eigenvalue weighted by atomic mass is 35.5. The fourth-order valence-electron chi connectivity index (χ4n) is 1.71. The molecule has 0 fully saturated rings. The molecule has 0 aliphatic carbocycles. The average molecular weight is 354 g/mol. The van der Waals surface area contributed by atoms with Gasteiger partial charge in [-0.3, -0.25) is 0 Å². The number of sulfonamides is 1. The van der Waals surface area contributed by atoms with Gasteiger partial charge in [-0.15, -0.1) is 0 Å². The topological polar surface area (TPSA) is 46.2 Å². The summed E-state index contributed by atoms with van der Waals surface area (Å²) in [6.07, 6.45) is 0. The van der Waals surface area contributed by atoms with E-state index in [0.29, 0.717) is 0 Å². The van der Waals surface area contributed by atoms with Crippen molar-refractivity contribution in [2.45, 2.75) is 11.4 Å². The molecule has 0 amide bonds. The van der Waals surface area contributed by atoms with E-state index in [1.54, 1.807) is 4.72 Å². The lowest BCUT2D eigenvalue weighted by atomic mass is 10.2. The summed E-state index contributed by atoms with van der Waals surface area (Å²) in [5.74, 6) is -4.52. The summed E-state index contributed by atoms with van der Waals surface area (Å²) >= 11 is 5.54. The van der Waals surface area contributed by atoms with Crippen molar-refractivity contribution in [3.63, 3.8) is 0 Å². The minimum Gasteiger partial charge on any atom is -0.207 e. The third-order valence-corrected chi connectivity index (χ3v) is 4.63. The molecule has 0 saturated heterocycles. The van der Waals surface area contributed by atoms with Crippen LogP contribution in [0, 0.1) is 23.3 Å². The van der Waals surface area contributed by atoms with Crippen LogP contribution >= 0.6 is 11.6 Å². The molecule has 3 nitrogen and oxygen atoms in total. The van der Waals surface area contributed by atoms with Crippen LogP contribution in [0.1, 0.15) is 5.56 Å². The van der Waals surface area contributed by atoms with E-state index in [1.165, 1.54) is 0 Å². The number of nitrogens with one attached hydrogen (secondary N) is 1. The average Bonchev–Trinajstić information content (AvgIpc) is 2.42. The van der Waals surface area contributed by atoms with E-state index in [0.717, 1.165) is 30.3 Å². The molecule has 0 radical (unpaired) electrons. The van der Waals surface area contributed by atoms with Crippen molar-refractivity contribution in [1.29, 1.82) is 0 Å². The Balaban J connectivity index is 2.34. The van der Waals surface area contributed by atoms with Crippen LogP contribution in [0.15, 0.2) is 35.2 Å². The van der Waals surface area contributed by atoms with Crippen LogP contribution in [0.3, 0.4) is 0 Å². The quantitative estimate of drug-likeness (QED) is 0.676. The van der Waals surface area contributed by atoms with Gasteiger partial charge in [-0.05, 0) is 24.3 Å². The first-order valence-corrected chi connectivity index (χ1v) is 7.66. The van der Waals surface area contributed by atoms with Gasteiger partial charge in [-0.25, -0.2) is 30.7 Å². The number of benzene rings is 2. The first-order chi connectivity index (χ1) is 10.2. The van der Waals surface area contributed by atoms with Crippen molar-refractivity contribution in [3.8, 4) is 0 Å². The van der Waals surface area contributed by atoms with E-state index in [2.05, 4.69) is 0 Å². The van der Waals surface area contributed by atoms with Gasteiger partial charge in [0, 0.05) is 12.1 Å². The molecular formula is C13H8ClF4NO2S. The molecule has 0 spiro atoms. The summed E-state index contributed by atoms with van der Waals surface area (Å²) in [5.41, 5.74) is -0.470. The van der Waals surface area contributed by atoms with Gasteiger partial charge in [0.1, 0.15) is 23.3 Å². The van der Waals surface area contributed by atoms with Gasteiger partial charge in [0.25, 0.3) is 0 Å². The molecule has 2 rings (SSSR count). The number of hydrogen-bond donors (Lipinski definition) is 1. The molecule has 0 aliphatic rings. The Bertz CT molecular complexity index is 807. The van der Waals surface area contributed by atoms with Gasteiger partial charge >= 0.3 is 0 Å². The first kappa shape index (κ1) is 16.7. The molecule has 0 unspecified atom stereocenters. The van der Waals surface area contributed by atoms with Crippen molar-refractivity contribution in [2.75, 3.05) is 0 Å². The predicted molar refractivity (Wildman–Crippen MR) is 71.8 cm³/mol. The van der Waals surface area contributed by atoms with E-state index >= 15 is 0 Å². The van der Waals surface area contributed by atoms with E-state index in [-0.39, 0.29) is 0 Å². The third-order valence-electron chi connectivity index (χ3n) is 2.77. The summed E-state index contributed by atoms with van der Waals surface area (Å²) in [6.45, 7) is -0.765. The first-order valence-electron chi connectivity index (χ1n) is 5.80. The molecule has 2 aromatic rings. The van der Waals surface area contributed by atoms with Crippen LogP contribution in [0.5, 0.6) is 0 Å². The highest BCUT2D eigenvalue weighted by Gasteiger charge is 2.24. The molecule has 1 N–H and O–H groups in total. The molecular weight excluding hydrogens is 346 g/mol.